The summed E-state index contributed by atoms with van der Waals surface area (Å²) in [6.45, 7) is 3.63. The second-order valence-corrected chi connectivity index (χ2v) is 6.87. The molecule has 4 heterocycles. The van der Waals surface area contributed by atoms with Gasteiger partial charge in [0, 0.05) is 31.4 Å². The third kappa shape index (κ3) is 2.08. The maximum atomic E-state index is 12.4. The SMILES string of the molecule is Cc1c(Br)c(N2CC3CC2CN3)nc2[nH]cc(C(=O)O)c(=O)c12. The largest absolute Gasteiger partial charge is 0.477 e. The van der Waals surface area contributed by atoms with Crippen LogP contribution in [-0.4, -0.2) is 46.2 Å². The van der Waals surface area contributed by atoms with Crippen LogP contribution >= 0.6 is 15.9 Å². The molecule has 4 rings (SSSR count). The van der Waals surface area contributed by atoms with Gasteiger partial charge in [-0.3, -0.25) is 4.79 Å². The lowest BCUT2D eigenvalue weighted by molar-refractivity contribution is 0.0695. The van der Waals surface area contributed by atoms with Crippen molar-refractivity contribution in [2.75, 3.05) is 18.0 Å². The standard InChI is InChI=1S/C15H15BrN4O3/c1-6-10-12(21)9(15(22)23)4-18-13(10)19-14(11(6)16)20-5-7-2-8(20)3-17-7/h4,7-8,17H,2-3,5H2,1H3,(H,22,23)(H,18,19,21). The molecule has 2 aliphatic heterocycles. The molecule has 23 heavy (non-hydrogen) atoms. The van der Waals surface area contributed by atoms with Crippen LogP contribution in [0, 0.1) is 6.92 Å². The van der Waals surface area contributed by atoms with Gasteiger partial charge in [-0.15, -0.1) is 0 Å². The third-order valence-corrected chi connectivity index (χ3v) is 5.69. The second kappa shape index (κ2) is 5.04. The number of aromatic amines is 1. The first-order valence-electron chi connectivity index (χ1n) is 7.42. The molecule has 0 aromatic carbocycles. The van der Waals surface area contributed by atoms with Gasteiger partial charge >= 0.3 is 5.97 Å². The normalized spacial score (nSPS) is 23.0. The molecule has 2 aliphatic rings. The molecule has 7 nitrogen and oxygen atoms in total. The molecule has 120 valence electrons. The molecule has 2 bridgehead atoms. The number of aromatic nitrogens is 2. The molecule has 0 saturated carbocycles. The molecule has 2 atom stereocenters. The lowest BCUT2D eigenvalue weighted by atomic mass is 10.1. The van der Waals surface area contributed by atoms with Crippen molar-refractivity contribution < 1.29 is 9.90 Å². The van der Waals surface area contributed by atoms with Crippen molar-refractivity contribution in [3.05, 3.63) is 32.0 Å². The minimum atomic E-state index is -1.24. The van der Waals surface area contributed by atoms with Gasteiger partial charge in [-0.1, -0.05) is 0 Å². The lowest BCUT2D eigenvalue weighted by Crippen LogP contribution is -2.44. The van der Waals surface area contributed by atoms with Crippen LogP contribution in [0.2, 0.25) is 0 Å². The average Bonchev–Trinajstić information content (AvgIpc) is 3.13. The first-order valence-corrected chi connectivity index (χ1v) is 8.21. The number of aryl methyl sites for hydroxylation is 1. The van der Waals surface area contributed by atoms with Crippen LogP contribution in [0.3, 0.4) is 0 Å². The van der Waals surface area contributed by atoms with Crippen molar-refractivity contribution in [3.63, 3.8) is 0 Å². The summed E-state index contributed by atoms with van der Waals surface area (Å²) >= 11 is 3.55. The summed E-state index contributed by atoms with van der Waals surface area (Å²) in [4.78, 5) is 33.3. The van der Waals surface area contributed by atoms with E-state index in [1.807, 2.05) is 6.92 Å². The number of carbonyl (C=O) groups is 1. The predicted octanol–water partition coefficient (Wildman–Crippen LogP) is 1.24. The van der Waals surface area contributed by atoms with Gasteiger partial charge in [0.1, 0.15) is 17.0 Å². The first kappa shape index (κ1) is 14.6. The third-order valence-electron chi connectivity index (χ3n) is 4.74. The first-order chi connectivity index (χ1) is 11.0. The Hall–Kier alpha value is -1.93. The number of fused-ring (bicyclic) bond motifs is 3. The summed E-state index contributed by atoms with van der Waals surface area (Å²) in [5.74, 6) is -0.432. The highest BCUT2D eigenvalue weighted by molar-refractivity contribution is 9.10. The summed E-state index contributed by atoms with van der Waals surface area (Å²) in [7, 11) is 0. The Kier molecular flexibility index (Phi) is 3.21. The maximum absolute atomic E-state index is 12.4. The average molecular weight is 379 g/mol. The number of carboxylic acids is 1. The lowest BCUT2D eigenvalue weighted by Gasteiger charge is -2.30. The van der Waals surface area contributed by atoms with E-state index >= 15 is 0 Å². The summed E-state index contributed by atoms with van der Waals surface area (Å²) < 4.78 is 0.755. The van der Waals surface area contributed by atoms with Crippen LogP contribution < -0.4 is 15.6 Å². The number of hydrogen-bond donors (Lipinski definition) is 3. The van der Waals surface area contributed by atoms with E-state index in [4.69, 9.17) is 5.11 Å². The number of anilines is 1. The van der Waals surface area contributed by atoms with Crippen LogP contribution in [0.25, 0.3) is 11.0 Å². The van der Waals surface area contributed by atoms with Gasteiger partial charge in [0.15, 0.2) is 0 Å². The molecule has 2 aromatic rings. The van der Waals surface area contributed by atoms with E-state index < -0.39 is 11.4 Å². The van der Waals surface area contributed by atoms with Crippen LogP contribution in [-0.2, 0) is 0 Å². The monoisotopic (exact) mass is 378 g/mol. The van der Waals surface area contributed by atoms with Crippen molar-refractivity contribution in [2.24, 2.45) is 0 Å². The van der Waals surface area contributed by atoms with Crippen molar-refractivity contribution >= 4 is 38.8 Å². The van der Waals surface area contributed by atoms with E-state index in [1.54, 1.807) is 0 Å². The Labute approximate surface area is 139 Å². The number of nitrogens with one attached hydrogen (secondary N) is 2. The van der Waals surface area contributed by atoms with Crippen molar-refractivity contribution in [1.29, 1.82) is 0 Å². The van der Waals surface area contributed by atoms with Crippen LogP contribution in [0.15, 0.2) is 15.5 Å². The van der Waals surface area contributed by atoms with E-state index in [1.165, 1.54) is 6.20 Å². The Morgan fingerprint density at radius 2 is 2.30 bits per heavy atom. The number of H-pyrrole nitrogens is 1. The fourth-order valence-corrected chi connectivity index (χ4v) is 4.07. The number of piperazine rings is 1. The molecule has 0 aliphatic carbocycles. The molecule has 0 amide bonds. The zero-order valence-electron chi connectivity index (χ0n) is 12.4. The van der Waals surface area contributed by atoms with E-state index in [0.29, 0.717) is 28.7 Å². The Balaban J connectivity index is 1.92. The van der Waals surface area contributed by atoms with E-state index in [0.717, 1.165) is 29.8 Å². The number of nitrogens with zero attached hydrogens (tertiary/aromatic N) is 2. The van der Waals surface area contributed by atoms with Gasteiger partial charge in [-0.25, -0.2) is 9.78 Å². The number of hydrogen-bond acceptors (Lipinski definition) is 5. The fourth-order valence-electron chi connectivity index (χ4n) is 3.56. The highest BCUT2D eigenvalue weighted by Crippen LogP contribution is 2.36. The van der Waals surface area contributed by atoms with Gasteiger partial charge in [0.2, 0.25) is 5.43 Å². The van der Waals surface area contributed by atoms with E-state index in [2.05, 4.69) is 36.1 Å². The summed E-state index contributed by atoms with van der Waals surface area (Å²) in [6.07, 6.45) is 2.31. The Morgan fingerprint density at radius 3 is 2.91 bits per heavy atom. The van der Waals surface area contributed by atoms with Crippen LogP contribution in [0.1, 0.15) is 22.3 Å². The summed E-state index contributed by atoms with van der Waals surface area (Å²) in [5, 5.41) is 12.9. The maximum Gasteiger partial charge on any atom is 0.341 e. The molecule has 3 N–H and O–H groups in total. The van der Waals surface area contributed by atoms with Crippen LogP contribution in [0.4, 0.5) is 5.82 Å². The van der Waals surface area contributed by atoms with Crippen molar-refractivity contribution in [3.8, 4) is 0 Å². The number of carboxylic acid groups (broad SMARTS) is 1. The number of aromatic carboxylic acids is 1. The summed E-state index contributed by atoms with van der Waals surface area (Å²) in [6, 6.07) is 0.892. The molecule has 2 saturated heterocycles. The molecule has 2 aromatic heterocycles. The second-order valence-electron chi connectivity index (χ2n) is 6.08. The molecule has 2 unspecified atom stereocenters. The Bertz CT molecular complexity index is 894. The van der Waals surface area contributed by atoms with Crippen molar-refractivity contribution in [2.45, 2.75) is 25.4 Å². The Morgan fingerprint density at radius 1 is 1.52 bits per heavy atom. The van der Waals surface area contributed by atoms with Gasteiger partial charge in [-0.05, 0) is 34.8 Å². The predicted molar refractivity (Wildman–Crippen MR) is 89.3 cm³/mol. The van der Waals surface area contributed by atoms with E-state index in [-0.39, 0.29) is 5.56 Å². The molecule has 0 radical (unpaired) electrons. The molecule has 8 heteroatoms. The zero-order chi connectivity index (χ0) is 16.3. The quantitative estimate of drug-likeness (QED) is 0.727. The van der Waals surface area contributed by atoms with Gasteiger partial charge in [0.25, 0.3) is 0 Å². The number of pyridine rings is 2. The van der Waals surface area contributed by atoms with Gasteiger partial charge in [-0.2, -0.15) is 0 Å². The van der Waals surface area contributed by atoms with Crippen molar-refractivity contribution in [1.82, 2.24) is 15.3 Å². The molecular weight excluding hydrogens is 364 g/mol. The van der Waals surface area contributed by atoms with Crippen LogP contribution in [0.5, 0.6) is 0 Å². The minimum absolute atomic E-state index is 0.272. The molecule has 2 fully saturated rings. The molecule has 0 spiro atoms. The fraction of sp³-hybridized carbons (Fsp3) is 0.400. The topological polar surface area (TPSA) is 98.3 Å². The number of halogens is 1. The summed E-state index contributed by atoms with van der Waals surface area (Å²) in [5.41, 5.74) is 0.358. The van der Waals surface area contributed by atoms with Gasteiger partial charge in [0.05, 0.1) is 9.86 Å². The molecular formula is C15H15BrN4O3. The highest BCUT2D eigenvalue weighted by atomic mass is 79.9. The zero-order valence-corrected chi connectivity index (χ0v) is 14.0. The number of rotatable bonds is 2. The van der Waals surface area contributed by atoms with Gasteiger partial charge < -0.3 is 20.3 Å². The smallest absolute Gasteiger partial charge is 0.341 e. The highest BCUT2D eigenvalue weighted by Gasteiger charge is 2.39. The van der Waals surface area contributed by atoms with E-state index in [9.17, 15) is 9.59 Å². The minimum Gasteiger partial charge on any atom is -0.477 e.